The zero-order valence-corrected chi connectivity index (χ0v) is 11.0. The normalized spacial score (nSPS) is 10.8. The fourth-order valence-electron chi connectivity index (χ4n) is 2.26. The highest BCUT2D eigenvalue weighted by atomic mass is 16.3. The molecule has 0 aliphatic rings. The molecule has 0 radical (unpaired) electrons. The van der Waals surface area contributed by atoms with Crippen LogP contribution in [0.1, 0.15) is 12.5 Å². The molecule has 96 valence electrons. The number of hydrogen-bond acceptors (Lipinski definition) is 4. The molecule has 0 saturated heterocycles. The Labute approximate surface area is 111 Å². The van der Waals surface area contributed by atoms with Crippen molar-refractivity contribution in [2.24, 2.45) is 0 Å². The first-order valence-electron chi connectivity index (χ1n) is 6.35. The van der Waals surface area contributed by atoms with E-state index in [0.717, 1.165) is 28.8 Å². The summed E-state index contributed by atoms with van der Waals surface area (Å²) in [6.07, 6.45) is 2.64. The molecule has 0 bridgehead atoms. The number of nitrogens with one attached hydrogen (secondary N) is 1. The van der Waals surface area contributed by atoms with Crippen LogP contribution in [0.2, 0.25) is 0 Å². The van der Waals surface area contributed by atoms with E-state index in [2.05, 4.69) is 28.3 Å². The molecule has 0 unspecified atom stereocenters. The Hall–Kier alpha value is -2.36. The topological polar surface area (TPSA) is 51.0 Å². The second-order valence-electron chi connectivity index (χ2n) is 4.27. The highest BCUT2D eigenvalue weighted by Gasteiger charge is 2.15. The molecule has 2 heterocycles. The molecular formula is C15H15N3O. The molecule has 0 fully saturated rings. The summed E-state index contributed by atoms with van der Waals surface area (Å²) in [5.41, 5.74) is 2.91. The van der Waals surface area contributed by atoms with E-state index in [0.29, 0.717) is 5.95 Å². The van der Waals surface area contributed by atoms with Gasteiger partial charge in [-0.2, -0.15) is 0 Å². The van der Waals surface area contributed by atoms with Gasteiger partial charge in [0.1, 0.15) is 11.3 Å². The minimum absolute atomic E-state index is 0.597. The Balaban J connectivity index is 2.23. The van der Waals surface area contributed by atoms with Gasteiger partial charge in [0, 0.05) is 24.2 Å². The predicted molar refractivity (Wildman–Crippen MR) is 76.2 cm³/mol. The molecule has 0 saturated carbocycles. The second kappa shape index (κ2) is 4.72. The average Bonchev–Trinajstić information content (AvgIpc) is 2.86. The number of aryl methyl sites for hydroxylation is 1. The van der Waals surface area contributed by atoms with Crippen molar-refractivity contribution < 1.29 is 4.42 Å². The molecule has 0 amide bonds. The van der Waals surface area contributed by atoms with Gasteiger partial charge < -0.3 is 9.73 Å². The van der Waals surface area contributed by atoms with E-state index in [4.69, 9.17) is 4.42 Å². The number of benzene rings is 1. The summed E-state index contributed by atoms with van der Waals surface area (Å²) >= 11 is 0. The van der Waals surface area contributed by atoms with Gasteiger partial charge in [0.05, 0.1) is 0 Å². The van der Waals surface area contributed by atoms with Gasteiger partial charge in [0.2, 0.25) is 5.95 Å². The molecule has 0 aliphatic carbocycles. The van der Waals surface area contributed by atoms with Crippen LogP contribution < -0.4 is 5.32 Å². The fraction of sp³-hybridized carbons (Fsp3) is 0.200. The summed E-state index contributed by atoms with van der Waals surface area (Å²) in [4.78, 5) is 8.58. The van der Waals surface area contributed by atoms with Gasteiger partial charge in [0.25, 0.3) is 0 Å². The van der Waals surface area contributed by atoms with Crippen molar-refractivity contribution >= 4 is 16.9 Å². The van der Waals surface area contributed by atoms with E-state index in [1.165, 1.54) is 5.56 Å². The van der Waals surface area contributed by atoms with E-state index in [1.54, 1.807) is 13.2 Å². The Kier molecular flexibility index (Phi) is 2.91. The zero-order chi connectivity index (χ0) is 13.2. The van der Waals surface area contributed by atoms with Crippen molar-refractivity contribution in [3.05, 3.63) is 42.1 Å². The number of rotatable bonds is 3. The van der Waals surface area contributed by atoms with Crippen LogP contribution in [0.15, 0.2) is 40.9 Å². The number of para-hydroxylation sites is 1. The molecule has 3 aromatic rings. The van der Waals surface area contributed by atoms with E-state index in [9.17, 15) is 0 Å². The predicted octanol–water partition coefficient (Wildman–Crippen LogP) is 3.49. The summed E-state index contributed by atoms with van der Waals surface area (Å²) in [5.74, 6) is 1.43. The van der Waals surface area contributed by atoms with E-state index in [-0.39, 0.29) is 0 Å². The Morgan fingerprint density at radius 1 is 1.21 bits per heavy atom. The van der Waals surface area contributed by atoms with Crippen LogP contribution in [0.5, 0.6) is 0 Å². The van der Waals surface area contributed by atoms with Crippen LogP contribution >= 0.6 is 0 Å². The largest absolute Gasteiger partial charge is 0.454 e. The second-order valence-corrected chi connectivity index (χ2v) is 4.27. The number of nitrogens with zero attached hydrogens (tertiary/aromatic N) is 2. The highest BCUT2D eigenvalue weighted by molar-refractivity contribution is 5.87. The maximum atomic E-state index is 5.96. The van der Waals surface area contributed by atoms with Crippen molar-refractivity contribution in [1.82, 2.24) is 9.97 Å². The summed E-state index contributed by atoms with van der Waals surface area (Å²) in [5, 5.41) is 4.10. The molecule has 1 aromatic carbocycles. The van der Waals surface area contributed by atoms with Crippen LogP contribution in [-0.2, 0) is 6.42 Å². The minimum Gasteiger partial charge on any atom is -0.454 e. The van der Waals surface area contributed by atoms with Crippen LogP contribution in [-0.4, -0.2) is 17.0 Å². The average molecular weight is 253 g/mol. The van der Waals surface area contributed by atoms with Crippen LogP contribution in [0.4, 0.5) is 5.95 Å². The van der Waals surface area contributed by atoms with Gasteiger partial charge in [-0.05, 0) is 18.6 Å². The third-order valence-electron chi connectivity index (χ3n) is 3.16. The first-order valence-corrected chi connectivity index (χ1v) is 6.35. The minimum atomic E-state index is 0.597. The Morgan fingerprint density at radius 2 is 2.05 bits per heavy atom. The Morgan fingerprint density at radius 3 is 2.84 bits per heavy atom. The lowest BCUT2D eigenvalue weighted by molar-refractivity contribution is 0.624. The Bertz CT molecular complexity index is 718. The van der Waals surface area contributed by atoms with Crippen LogP contribution in [0.3, 0.4) is 0 Å². The molecule has 0 aliphatic heterocycles. The summed E-state index contributed by atoms with van der Waals surface area (Å²) in [7, 11) is 1.80. The van der Waals surface area contributed by atoms with Gasteiger partial charge in [-0.3, -0.25) is 0 Å². The van der Waals surface area contributed by atoms with Crippen molar-refractivity contribution in [3.63, 3.8) is 0 Å². The van der Waals surface area contributed by atoms with Crippen molar-refractivity contribution in [3.8, 4) is 11.5 Å². The summed E-state index contributed by atoms with van der Waals surface area (Å²) < 4.78 is 5.96. The molecule has 0 atom stereocenters. The number of hydrogen-bond donors (Lipinski definition) is 1. The molecule has 2 aromatic heterocycles. The molecule has 4 nitrogen and oxygen atoms in total. The van der Waals surface area contributed by atoms with Crippen molar-refractivity contribution in [2.75, 3.05) is 12.4 Å². The fourth-order valence-corrected chi connectivity index (χ4v) is 2.26. The third-order valence-corrected chi connectivity index (χ3v) is 3.16. The van der Waals surface area contributed by atoms with Gasteiger partial charge in [-0.1, -0.05) is 25.1 Å². The summed E-state index contributed by atoms with van der Waals surface area (Å²) in [6.45, 7) is 2.13. The smallest absolute Gasteiger partial charge is 0.223 e. The van der Waals surface area contributed by atoms with Gasteiger partial charge in [-0.15, -0.1) is 0 Å². The van der Waals surface area contributed by atoms with Gasteiger partial charge in [-0.25, -0.2) is 9.97 Å². The van der Waals surface area contributed by atoms with E-state index >= 15 is 0 Å². The quantitative estimate of drug-likeness (QED) is 0.776. The lowest BCUT2D eigenvalue weighted by Gasteiger charge is -2.02. The number of furan rings is 1. The third kappa shape index (κ3) is 1.95. The molecule has 4 heteroatoms. The number of aromatic nitrogens is 2. The van der Waals surface area contributed by atoms with Crippen molar-refractivity contribution in [2.45, 2.75) is 13.3 Å². The first-order chi connectivity index (χ1) is 9.33. The molecule has 1 N–H and O–H groups in total. The van der Waals surface area contributed by atoms with E-state index in [1.807, 2.05) is 24.3 Å². The van der Waals surface area contributed by atoms with Gasteiger partial charge >= 0.3 is 0 Å². The van der Waals surface area contributed by atoms with Gasteiger partial charge in [0.15, 0.2) is 5.76 Å². The van der Waals surface area contributed by atoms with Crippen molar-refractivity contribution in [1.29, 1.82) is 0 Å². The maximum absolute atomic E-state index is 5.96. The molecule has 0 spiro atoms. The lowest BCUT2D eigenvalue weighted by Crippen LogP contribution is -1.97. The summed E-state index contributed by atoms with van der Waals surface area (Å²) in [6, 6.07) is 9.95. The van der Waals surface area contributed by atoms with Crippen LogP contribution in [0.25, 0.3) is 22.4 Å². The SMILES string of the molecule is CCc1c(-c2ccnc(NC)n2)oc2ccccc12. The van der Waals surface area contributed by atoms with E-state index < -0.39 is 0 Å². The highest BCUT2D eigenvalue weighted by Crippen LogP contribution is 2.32. The standard InChI is InChI=1S/C15H15N3O/c1-3-10-11-6-4-5-7-13(11)19-14(10)12-8-9-17-15(16-2)18-12/h4-9H,3H2,1-2H3,(H,16,17,18). The lowest BCUT2D eigenvalue weighted by atomic mass is 10.1. The number of anilines is 1. The maximum Gasteiger partial charge on any atom is 0.223 e. The molecule has 3 rings (SSSR count). The monoisotopic (exact) mass is 253 g/mol. The van der Waals surface area contributed by atoms with Crippen LogP contribution in [0, 0.1) is 0 Å². The number of fused-ring (bicyclic) bond motifs is 1. The molecule has 19 heavy (non-hydrogen) atoms. The molecular weight excluding hydrogens is 238 g/mol. The first kappa shape index (κ1) is 11.7. The zero-order valence-electron chi connectivity index (χ0n) is 11.0.